The van der Waals surface area contributed by atoms with Crippen LogP contribution in [0.5, 0.6) is 5.75 Å². The lowest BCUT2D eigenvalue weighted by atomic mass is 9.90. The van der Waals surface area contributed by atoms with Crippen molar-refractivity contribution in [3.05, 3.63) is 96.6 Å². The van der Waals surface area contributed by atoms with Crippen molar-refractivity contribution in [2.45, 2.75) is 23.8 Å². The van der Waals surface area contributed by atoms with E-state index in [-0.39, 0.29) is 23.4 Å². The molecule has 2 amide bonds. The number of hydrogen-bond donors (Lipinski definition) is 0. The van der Waals surface area contributed by atoms with Gasteiger partial charge < -0.3 is 14.5 Å². The van der Waals surface area contributed by atoms with Crippen molar-refractivity contribution in [1.29, 1.82) is 0 Å². The summed E-state index contributed by atoms with van der Waals surface area (Å²) in [5.41, 5.74) is 0.920. The van der Waals surface area contributed by atoms with Gasteiger partial charge >= 0.3 is 6.09 Å². The van der Waals surface area contributed by atoms with Gasteiger partial charge in [0, 0.05) is 32.7 Å². The van der Waals surface area contributed by atoms with Gasteiger partial charge in [-0.25, -0.2) is 13.2 Å². The minimum Gasteiger partial charge on any atom is -0.410 e. The number of carbonyl (C=O) groups is 2. The molecule has 0 bridgehead atoms. The minimum atomic E-state index is -3.81. The molecular weight excluding hydrogens is 502 g/mol. The Balaban J connectivity index is 1.27. The van der Waals surface area contributed by atoms with Crippen molar-refractivity contribution in [1.82, 2.24) is 14.1 Å². The van der Waals surface area contributed by atoms with E-state index in [0.717, 1.165) is 5.56 Å². The smallest absolute Gasteiger partial charge is 0.410 e. The predicted octanol–water partition coefficient (Wildman–Crippen LogP) is 4.17. The fraction of sp³-hybridized carbons (Fsp3) is 0.310. The number of ether oxygens (including phenoxy) is 1. The van der Waals surface area contributed by atoms with Crippen molar-refractivity contribution in [2.75, 3.05) is 32.7 Å². The fourth-order valence-electron chi connectivity index (χ4n) is 5.16. The highest BCUT2D eigenvalue weighted by Gasteiger charge is 2.41. The number of hydrogen-bond acceptors (Lipinski definition) is 5. The second-order valence-electron chi connectivity index (χ2n) is 9.58. The Morgan fingerprint density at radius 1 is 0.711 bits per heavy atom. The Morgan fingerprint density at radius 3 is 1.89 bits per heavy atom. The molecule has 2 aliphatic heterocycles. The van der Waals surface area contributed by atoms with Crippen LogP contribution in [-0.4, -0.2) is 67.2 Å². The predicted molar refractivity (Wildman–Crippen MR) is 143 cm³/mol. The van der Waals surface area contributed by atoms with Crippen molar-refractivity contribution in [3.63, 3.8) is 0 Å². The van der Waals surface area contributed by atoms with Gasteiger partial charge in [-0.15, -0.1) is 0 Å². The number of para-hydroxylation sites is 1. The van der Waals surface area contributed by atoms with Gasteiger partial charge in [0.2, 0.25) is 15.9 Å². The van der Waals surface area contributed by atoms with Crippen LogP contribution in [0.25, 0.3) is 0 Å². The molecule has 38 heavy (non-hydrogen) atoms. The number of piperidine rings is 1. The minimum absolute atomic E-state index is 0.0687. The SMILES string of the molecule is O=C(Oc1ccccc1)N1CCN(C(=O)[C@@H]2CC[C@H](c3ccccc3)N(S(=O)(=O)c3ccccc3)C2)CC1. The number of sulfonamides is 1. The molecule has 2 aliphatic rings. The monoisotopic (exact) mass is 533 g/mol. The van der Waals surface area contributed by atoms with Gasteiger partial charge in [-0.05, 0) is 42.7 Å². The van der Waals surface area contributed by atoms with Gasteiger partial charge in [0.25, 0.3) is 0 Å². The highest BCUT2D eigenvalue weighted by molar-refractivity contribution is 7.89. The molecule has 2 saturated heterocycles. The first kappa shape index (κ1) is 25.9. The number of rotatable bonds is 5. The first-order valence-electron chi connectivity index (χ1n) is 12.9. The van der Waals surface area contributed by atoms with Crippen molar-refractivity contribution >= 4 is 22.0 Å². The third-order valence-electron chi connectivity index (χ3n) is 7.22. The Hall–Kier alpha value is -3.69. The topological polar surface area (TPSA) is 87.2 Å². The van der Waals surface area contributed by atoms with Crippen molar-refractivity contribution in [3.8, 4) is 5.75 Å². The second-order valence-corrected chi connectivity index (χ2v) is 11.5. The molecule has 0 saturated carbocycles. The first-order chi connectivity index (χ1) is 18.4. The van der Waals surface area contributed by atoms with E-state index >= 15 is 0 Å². The zero-order valence-corrected chi connectivity index (χ0v) is 21.9. The van der Waals surface area contributed by atoms with E-state index in [1.165, 1.54) is 4.31 Å². The number of carbonyl (C=O) groups excluding carboxylic acids is 2. The molecule has 0 aliphatic carbocycles. The normalized spacial score (nSPS) is 20.6. The van der Waals surface area contributed by atoms with E-state index < -0.39 is 22.0 Å². The molecule has 5 rings (SSSR count). The van der Waals surface area contributed by atoms with Crippen LogP contribution in [-0.2, 0) is 14.8 Å². The van der Waals surface area contributed by atoms with E-state index in [0.29, 0.717) is 44.8 Å². The summed E-state index contributed by atoms with van der Waals surface area (Å²) >= 11 is 0. The average Bonchev–Trinajstić information content (AvgIpc) is 2.98. The molecule has 2 atom stereocenters. The Bertz CT molecular complexity index is 1340. The molecule has 198 valence electrons. The number of nitrogens with zero attached hydrogens (tertiary/aromatic N) is 3. The lowest BCUT2D eigenvalue weighted by molar-refractivity contribution is -0.138. The summed E-state index contributed by atoms with van der Waals surface area (Å²) in [4.78, 5) is 29.6. The molecule has 9 heteroatoms. The average molecular weight is 534 g/mol. The molecule has 0 radical (unpaired) electrons. The van der Waals surface area contributed by atoms with Gasteiger partial charge in [-0.2, -0.15) is 4.31 Å². The van der Waals surface area contributed by atoms with Gasteiger partial charge in [-0.3, -0.25) is 4.79 Å². The summed E-state index contributed by atoms with van der Waals surface area (Å²) < 4.78 is 34.4. The van der Waals surface area contributed by atoms with Crippen LogP contribution in [0.4, 0.5) is 4.79 Å². The van der Waals surface area contributed by atoms with Gasteiger partial charge in [0.1, 0.15) is 5.75 Å². The van der Waals surface area contributed by atoms with E-state index in [9.17, 15) is 18.0 Å². The molecule has 0 spiro atoms. The molecule has 0 aromatic heterocycles. The lowest BCUT2D eigenvalue weighted by Crippen LogP contribution is -2.54. The molecule has 8 nitrogen and oxygen atoms in total. The Kier molecular flexibility index (Phi) is 7.76. The summed E-state index contributed by atoms with van der Waals surface area (Å²) in [6.07, 6.45) is 0.706. The molecular formula is C29H31N3O5S. The maximum Gasteiger partial charge on any atom is 0.415 e. The van der Waals surface area contributed by atoms with Crippen LogP contribution in [0.15, 0.2) is 95.9 Å². The zero-order valence-electron chi connectivity index (χ0n) is 21.1. The van der Waals surface area contributed by atoms with E-state index in [4.69, 9.17) is 4.74 Å². The van der Waals surface area contributed by atoms with E-state index in [1.54, 1.807) is 64.4 Å². The number of amides is 2. The highest BCUT2D eigenvalue weighted by Crippen LogP contribution is 2.38. The number of piperazine rings is 1. The highest BCUT2D eigenvalue weighted by atomic mass is 32.2. The van der Waals surface area contributed by atoms with Gasteiger partial charge in [-0.1, -0.05) is 66.7 Å². The largest absolute Gasteiger partial charge is 0.415 e. The van der Waals surface area contributed by atoms with Gasteiger partial charge in [0.15, 0.2) is 0 Å². The summed E-state index contributed by atoms with van der Waals surface area (Å²) in [5, 5.41) is 0. The molecule has 2 fully saturated rings. The first-order valence-corrected chi connectivity index (χ1v) is 14.3. The van der Waals surface area contributed by atoms with E-state index in [1.807, 2.05) is 36.4 Å². The van der Waals surface area contributed by atoms with Crippen LogP contribution in [0.1, 0.15) is 24.4 Å². The Labute approximate surface area is 223 Å². The van der Waals surface area contributed by atoms with Gasteiger partial charge in [0.05, 0.1) is 16.9 Å². The third-order valence-corrected chi connectivity index (χ3v) is 9.11. The zero-order chi connectivity index (χ0) is 26.5. The molecule has 3 aromatic rings. The molecule has 2 heterocycles. The lowest BCUT2D eigenvalue weighted by Gasteiger charge is -2.41. The van der Waals surface area contributed by atoms with Crippen LogP contribution >= 0.6 is 0 Å². The Morgan fingerprint density at radius 2 is 1.26 bits per heavy atom. The molecule has 3 aromatic carbocycles. The molecule has 0 N–H and O–H groups in total. The summed E-state index contributed by atoms with van der Waals surface area (Å²) in [6, 6.07) is 26.5. The van der Waals surface area contributed by atoms with Crippen molar-refractivity contribution < 1.29 is 22.7 Å². The maximum absolute atomic E-state index is 13.7. The van der Waals surface area contributed by atoms with Crippen LogP contribution < -0.4 is 4.74 Å². The van der Waals surface area contributed by atoms with E-state index in [2.05, 4.69) is 0 Å². The maximum atomic E-state index is 13.7. The fourth-order valence-corrected chi connectivity index (χ4v) is 6.87. The quantitative estimate of drug-likeness (QED) is 0.491. The summed E-state index contributed by atoms with van der Waals surface area (Å²) in [6.45, 7) is 1.61. The van der Waals surface area contributed by atoms with Crippen LogP contribution in [0.3, 0.4) is 0 Å². The van der Waals surface area contributed by atoms with Crippen LogP contribution in [0.2, 0.25) is 0 Å². The summed E-state index contributed by atoms with van der Waals surface area (Å²) in [5.74, 6) is -0.0389. The van der Waals surface area contributed by atoms with Crippen LogP contribution in [0, 0.1) is 5.92 Å². The number of benzene rings is 3. The second kappa shape index (κ2) is 11.4. The molecule has 0 unspecified atom stereocenters. The standard InChI is InChI=1S/C29H31N3O5S/c33-28(30-18-20-31(21-19-30)29(34)37-25-12-6-2-7-13-25)24-16-17-27(23-10-4-1-5-11-23)32(22-24)38(35,36)26-14-8-3-9-15-26/h1-15,24,27H,16-22H2/t24-,27-/m1/s1. The summed E-state index contributed by atoms with van der Waals surface area (Å²) in [7, 11) is -3.81. The van der Waals surface area contributed by atoms with Crippen molar-refractivity contribution in [2.24, 2.45) is 5.92 Å². The third kappa shape index (κ3) is 5.58.